The summed E-state index contributed by atoms with van der Waals surface area (Å²) in [5.74, 6) is 0.277. The van der Waals surface area contributed by atoms with Crippen molar-refractivity contribution in [2.24, 2.45) is 0 Å². The van der Waals surface area contributed by atoms with Crippen LogP contribution in [0.4, 0.5) is 0 Å². The molecule has 0 aliphatic carbocycles. The van der Waals surface area contributed by atoms with Gasteiger partial charge in [0, 0.05) is 13.1 Å². The SMILES string of the molecule is CC(O)CNCc1ccc(O)cc1. The standard InChI is InChI=1S/C10H15NO2/c1-8(12)6-11-7-9-2-4-10(13)5-3-9/h2-5,8,11-13H,6-7H2,1H3. The number of rotatable bonds is 4. The molecule has 3 nitrogen and oxygen atoms in total. The Morgan fingerprint density at radius 2 is 1.92 bits per heavy atom. The molecular formula is C10H15NO2. The van der Waals surface area contributed by atoms with E-state index >= 15 is 0 Å². The summed E-state index contributed by atoms with van der Waals surface area (Å²) in [6.45, 7) is 3.04. The molecule has 3 N–H and O–H groups in total. The fraction of sp³-hybridized carbons (Fsp3) is 0.400. The number of hydrogen-bond acceptors (Lipinski definition) is 3. The summed E-state index contributed by atoms with van der Waals surface area (Å²) >= 11 is 0. The van der Waals surface area contributed by atoms with Gasteiger partial charge >= 0.3 is 0 Å². The van der Waals surface area contributed by atoms with Crippen molar-refractivity contribution in [2.45, 2.75) is 19.6 Å². The lowest BCUT2D eigenvalue weighted by Crippen LogP contribution is -2.23. The lowest BCUT2D eigenvalue weighted by molar-refractivity contribution is 0.191. The Hall–Kier alpha value is -1.06. The van der Waals surface area contributed by atoms with Gasteiger partial charge in [-0.15, -0.1) is 0 Å². The average molecular weight is 181 g/mol. The Morgan fingerprint density at radius 3 is 2.46 bits per heavy atom. The number of benzene rings is 1. The van der Waals surface area contributed by atoms with Crippen molar-refractivity contribution in [3.05, 3.63) is 29.8 Å². The van der Waals surface area contributed by atoms with Crippen molar-refractivity contribution < 1.29 is 10.2 Å². The third-order valence-corrected chi connectivity index (χ3v) is 1.71. The molecule has 0 aliphatic rings. The zero-order valence-electron chi connectivity index (χ0n) is 7.70. The second-order valence-corrected chi connectivity index (χ2v) is 3.15. The Morgan fingerprint density at radius 1 is 1.31 bits per heavy atom. The van der Waals surface area contributed by atoms with Gasteiger partial charge in [0.15, 0.2) is 0 Å². The Balaban J connectivity index is 2.33. The first-order chi connectivity index (χ1) is 6.18. The summed E-state index contributed by atoms with van der Waals surface area (Å²) in [6.07, 6.45) is -0.322. The molecule has 0 saturated heterocycles. The highest BCUT2D eigenvalue weighted by molar-refractivity contribution is 5.25. The fourth-order valence-electron chi connectivity index (χ4n) is 1.04. The fourth-order valence-corrected chi connectivity index (χ4v) is 1.04. The van der Waals surface area contributed by atoms with E-state index in [0.717, 1.165) is 5.56 Å². The van der Waals surface area contributed by atoms with E-state index in [1.165, 1.54) is 0 Å². The molecule has 0 aliphatic heterocycles. The predicted octanol–water partition coefficient (Wildman–Crippen LogP) is 0.863. The smallest absolute Gasteiger partial charge is 0.115 e. The Bertz CT molecular complexity index is 244. The molecule has 0 spiro atoms. The van der Waals surface area contributed by atoms with Crippen LogP contribution in [0.5, 0.6) is 5.75 Å². The molecule has 0 amide bonds. The van der Waals surface area contributed by atoms with Crippen LogP contribution in [0.3, 0.4) is 0 Å². The van der Waals surface area contributed by atoms with Crippen LogP contribution in [0.2, 0.25) is 0 Å². The summed E-state index contributed by atoms with van der Waals surface area (Å²) in [7, 11) is 0. The molecule has 0 saturated carbocycles. The minimum Gasteiger partial charge on any atom is -0.508 e. The first kappa shape index (κ1) is 10.0. The van der Waals surface area contributed by atoms with E-state index in [1.54, 1.807) is 19.1 Å². The van der Waals surface area contributed by atoms with Crippen LogP contribution in [0.1, 0.15) is 12.5 Å². The van der Waals surface area contributed by atoms with Gasteiger partial charge in [0.2, 0.25) is 0 Å². The van der Waals surface area contributed by atoms with Crippen LogP contribution in [-0.2, 0) is 6.54 Å². The number of phenols is 1. The van der Waals surface area contributed by atoms with Gasteiger partial charge in [-0.25, -0.2) is 0 Å². The molecule has 1 aromatic carbocycles. The monoisotopic (exact) mass is 181 g/mol. The molecule has 72 valence electrons. The first-order valence-corrected chi connectivity index (χ1v) is 4.35. The molecule has 3 heteroatoms. The van der Waals surface area contributed by atoms with Crippen LogP contribution in [0.25, 0.3) is 0 Å². The summed E-state index contributed by atoms with van der Waals surface area (Å²) in [5, 5.41) is 21.1. The normalized spacial score (nSPS) is 12.8. The molecule has 0 bridgehead atoms. The molecule has 0 fully saturated rings. The average Bonchev–Trinajstić information content (AvgIpc) is 2.08. The van der Waals surface area contributed by atoms with E-state index in [1.807, 2.05) is 12.1 Å². The van der Waals surface area contributed by atoms with Crippen LogP contribution >= 0.6 is 0 Å². The lowest BCUT2D eigenvalue weighted by Gasteiger charge is -2.06. The molecule has 13 heavy (non-hydrogen) atoms. The van der Waals surface area contributed by atoms with Crippen molar-refractivity contribution >= 4 is 0 Å². The maximum atomic E-state index is 9.01. The van der Waals surface area contributed by atoms with Crippen LogP contribution in [-0.4, -0.2) is 22.9 Å². The van der Waals surface area contributed by atoms with Crippen molar-refractivity contribution in [3.63, 3.8) is 0 Å². The van der Waals surface area contributed by atoms with E-state index < -0.39 is 0 Å². The molecular weight excluding hydrogens is 166 g/mol. The van der Waals surface area contributed by atoms with Gasteiger partial charge in [0.1, 0.15) is 5.75 Å². The molecule has 1 atom stereocenters. The molecule has 0 aromatic heterocycles. The van der Waals surface area contributed by atoms with Crippen molar-refractivity contribution in [2.75, 3.05) is 6.54 Å². The number of phenolic OH excluding ortho intramolecular Hbond substituents is 1. The number of aliphatic hydroxyl groups excluding tert-OH is 1. The number of hydrogen-bond donors (Lipinski definition) is 3. The quantitative estimate of drug-likeness (QED) is 0.646. The Kier molecular flexibility index (Phi) is 3.73. The highest BCUT2D eigenvalue weighted by Crippen LogP contribution is 2.08. The van der Waals surface area contributed by atoms with Gasteiger partial charge in [-0.1, -0.05) is 12.1 Å². The van der Waals surface area contributed by atoms with Gasteiger partial charge in [-0.2, -0.15) is 0 Å². The van der Waals surface area contributed by atoms with Gasteiger partial charge in [0.05, 0.1) is 6.10 Å². The largest absolute Gasteiger partial charge is 0.508 e. The summed E-state index contributed by atoms with van der Waals surface area (Å²) in [5.41, 5.74) is 1.10. The maximum absolute atomic E-state index is 9.01. The van der Waals surface area contributed by atoms with E-state index in [0.29, 0.717) is 13.1 Å². The number of aromatic hydroxyl groups is 1. The van der Waals surface area contributed by atoms with Crippen molar-refractivity contribution in [1.29, 1.82) is 0 Å². The highest BCUT2D eigenvalue weighted by Gasteiger charge is 1.95. The predicted molar refractivity (Wildman–Crippen MR) is 51.5 cm³/mol. The molecule has 0 heterocycles. The second-order valence-electron chi connectivity index (χ2n) is 3.15. The van der Waals surface area contributed by atoms with Crippen LogP contribution in [0.15, 0.2) is 24.3 Å². The topological polar surface area (TPSA) is 52.5 Å². The van der Waals surface area contributed by atoms with Gasteiger partial charge < -0.3 is 15.5 Å². The molecule has 1 aromatic rings. The van der Waals surface area contributed by atoms with E-state index in [2.05, 4.69) is 5.32 Å². The van der Waals surface area contributed by atoms with E-state index in [4.69, 9.17) is 10.2 Å². The first-order valence-electron chi connectivity index (χ1n) is 4.35. The van der Waals surface area contributed by atoms with E-state index in [-0.39, 0.29) is 11.9 Å². The van der Waals surface area contributed by atoms with Crippen LogP contribution < -0.4 is 5.32 Å². The maximum Gasteiger partial charge on any atom is 0.115 e. The van der Waals surface area contributed by atoms with Gasteiger partial charge in [0.25, 0.3) is 0 Å². The number of nitrogens with one attached hydrogen (secondary N) is 1. The number of aliphatic hydroxyl groups is 1. The lowest BCUT2D eigenvalue weighted by atomic mass is 10.2. The van der Waals surface area contributed by atoms with E-state index in [9.17, 15) is 0 Å². The zero-order chi connectivity index (χ0) is 9.68. The Labute approximate surface area is 78.0 Å². The minimum atomic E-state index is -0.322. The third kappa shape index (κ3) is 3.92. The third-order valence-electron chi connectivity index (χ3n) is 1.71. The van der Waals surface area contributed by atoms with Gasteiger partial charge in [-0.05, 0) is 24.6 Å². The molecule has 0 radical (unpaired) electrons. The molecule has 1 unspecified atom stereocenters. The second kappa shape index (κ2) is 4.84. The minimum absolute atomic E-state index is 0.277. The summed E-state index contributed by atoms with van der Waals surface area (Å²) in [4.78, 5) is 0. The molecule has 1 rings (SSSR count). The zero-order valence-corrected chi connectivity index (χ0v) is 7.70. The summed E-state index contributed by atoms with van der Waals surface area (Å²) < 4.78 is 0. The van der Waals surface area contributed by atoms with Gasteiger partial charge in [-0.3, -0.25) is 0 Å². The van der Waals surface area contributed by atoms with Crippen molar-refractivity contribution in [1.82, 2.24) is 5.32 Å². The summed E-state index contributed by atoms with van der Waals surface area (Å²) in [6, 6.07) is 7.01. The van der Waals surface area contributed by atoms with Crippen LogP contribution in [0, 0.1) is 0 Å². The van der Waals surface area contributed by atoms with Crippen molar-refractivity contribution in [3.8, 4) is 5.75 Å². The highest BCUT2D eigenvalue weighted by atomic mass is 16.3.